The first-order valence-electron chi connectivity index (χ1n) is 12.2. The van der Waals surface area contributed by atoms with Crippen molar-refractivity contribution >= 4 is 34.0 Å². The molecule has 208 valence electrons. The number of nitriles is 1. The predicted molar refractivity (Wildman–Crippen MR) is 145 cm³/mol. The number of amides is 2. The molecule has 1 saturated heterocycles. The topological polar surface area (TPSA) is 144 Å². The number of pyridine rings is 1. The van der Waals surface area contributed by atoms with Crippen molar-refractivity contribution < 1.29 is 28.5 Å². The highest BCUT2D eigenvalue weighted by Gasteiger charge is 2.20. The number of halogens is 1. The smallest absolute Gasteiger partial charge is 0.269 e. The minimum atomic E-state index is -0.589. The van der Waals surface area contributed by atoms with Gasteiger partial charge in [0.2, 0.25) is 0 Å². The lowest BCUT2D eigenvalue weighted by molar-refractivity contribution is -0.137. The van der Waals surface area contributed by atoms with Crippen molar-refractivity contribution in [1.82, 2.24) is 14.9 Å². The highest BCUT2D eigenvalue weighted by Crippen LogP contribution is 2.28. The van der Waals surface area contributed by atoms with Gasteiger partial charge >= 0.3 is 0 Å². The van der Waals surface area contributed by atoms with Crippen LogP contribution in [0.1, 0.15) is 29.3 Å². The Morgan fingerprint density at radius 3 is 2.67 bits per heavy atom. The SMILES string of the molecule is CCOc1cc(/C=N\NC(=O)Cn2c(C)c(Br)c(COC)c(C#N)c2=O)ccc1OCC(=O)N1CCOCC1. The lowest BCUT2D eigenvalue weighted by atomic mass is 10.1. The van der Waals surface area contributed by atoms with Gasteiger partial charge in [-0.05, 0) is 53.5 Å². The van der Waals surface area contributed by atoms with E-state index >= 15 is 0 Å². The van der Waals surface area contributed by atoms with Crippen molar-refractivity contribution in [2.45, 2.75) is 27.0 Å². The molecule has 2 aromatic rings. The summed E-state index contributed by atoms with van der Waals surface area (Å²) in [7, 11) is 1.46. The van der Waals surface area contributed by atoms with Crippen LogP contribution in [0.4, 0.5) is 0 Å². The Labute approximate surface area is 234 Å². The van der Waals surface area contributed by atoms with Gasteiger partial charge in [0, 0.05) is 35.9 Å². The first-order valence-corrected chi connectivity index (χ1v) is 13.0. The number of nitrogens with one attached hydrogen (secondary N) is 1. The summed E-state index contributed by atoms with van der Waals surface area (Å²) in [4.78, 5) is 39.4. The Bertz CT molecular complexity index is 1330. The zero-order valence-corrected chi connectivity index (χ0v) is 23.6. The maximum absolute atomic E-state index is 12.8. The molecule has 1 aliphatic rings. The van der Waals surface area contributed by atoms with Crippen LogP contribution in [0, 0.1) is 18.3 Å². The number of rotatable bonds is 11. The van der Waals surface area contributed by atoms with E-state index in [1.807, 2.05) is 13.0 Å². The molecule has 1 aromatic carbocycles. The monoisotopic (exact) mass is 603 g/mol. The van der Waals surface area contributed by atoms with Gasteiger partial charge in [0.05, 0.1) is 32.6 Å². The lowest BCUT2D eigenvalue weighted by Crippen LogP contribution is -2.43. The second kappa shape index (κ2) is 14.4. The van der Waals surface area contributed by atoms with E-state index in [9.17, 15) is 19.6 Å². The standard InChI is InChI=1S/C26H30BrN5O7/c1-4-38-22-11-18(5-6-21(22)39-16-24(34)31-7-9-37-10-8-31)13-29-30-23(33)14-32-17(2)25(27)20(15-36-3)19(12-28)26(32)35/h5-6,11,13H,4,7-10,14-16H2,1-3H3,(H,30,33)/b29-13-. The number of ether oxygens (including phenoxy) is 4. The number of hydrogen-bond acceptors (Lipinski definition) is 9. The van der Waals surface area contributed by atoms with E-state index in [1.165, 1.54) is 17.9 Å². The molecule has 0 aliphatic carbocycles. The van der Waals surface area contributed by atoms with Crippen LogP contribution in [0.3, 0.4) is 0 Å². The van der Waals surface area contributed by atoms with Crippen LogP contribution in [-0.4, -0.2) is 74.1 Å². The van der Waals surface area contributed by atoms with E-state index in [1.54, 1.807) is 30.0 Å². The molecule has 0 saturated carbocycles. The second-order valence-corrected chi connectivity index (χ2v) is 9.20. The molecule has 0 unspecified atom stereocenters. The van der Waals surface area contributed by atoms with Crippen LogP contribution in [0.25, 0.3) is 0 Å². The second-order valence-electron chi connectivity index (χ2n) is 8.40. The lowest BCUT2D eigenvalue weighted by Gasteiger charge is -2.26. The molecular formula is C26H30BrN5O7. The van der Waals surface area contributed by atoms with Gasteiger partial charge in [-0.2, -0.15) is 10.4 Å². The van der Waals surface area contributed by atoms with Gasteiger partial charge in [-0.3, -0.25) is 14.4 Å². The highest BCUT2D eigenvalue weighted by atomic mass is 79.9. The van der Waals surface area contributed by atoms with Crippen molar-refractivity contribution in [2.24, 2.45) is 5.10 Å². The third kappa shape index (κ3) is 7.66. The largest absolute Gasteiger partial charge is 0.490 e. The number of aromatic nitrogens is 1. The van der Waals surface area contributed by atoms with Gasteiger partial charge in [0.1, 0.15) is 18.2 Å². The fourth-order valence-electron chi connectivity index (χ4n) is 3.84. The van der Waals surface area contributed by atoms with E-state index in [0.717, 1.165) is 0 Å². The molecule has 2 amide bonds. The Kier molecular flexibility index (Phi) is 11.0. The first kappa shape index (κ1) is 29.8. The number of nitrogens with zero attached hydrogens (tertiary/aromatic N) is 4. The predicted octanol–water partition coefficient (Wildman–Crippen LogP) is 1.72. The maximum Gasteiger partial charge on any atom is 0.269 e. The van der Waals surface area contributed by atoms with Crippen LogP contribution in [0.2, 0.25) is 0 Å². The quantitative estimate of drug-likeness (QED) is 0.302. The van der Waals surface area contributed by atoms with Gasteiger partial charge in [0.15, 0.2) is 18.1 Å². The summed E-state index contributed by atoms with van der Waals surface area (Å²) in [6.07, 6.45) is 1.41. The van der Waals surface area contributed by atoms with E-state index in [-0.39, 0.29) is 31.2 Å². The number of methoxy groups -OCH3 is 1. The van der Waals surface area contributed by atoms with Gasteiger partial charge in [0.25, 0.3) is 17.4 Å². The molecule has 1 fully saturated rings. The van der Waals surface area contributed by atoms with Crippen LogP contribution >= 0.6 is 15.9 Å². The fraction of sp³-hybridized carbons (Fsp3) is 0.423. The van der Waals surface area contributed by atoms with E-state index in [0.29, 0.717) is 65.7 Å². The molecule has 3 rings (SSSR count). The molecule has 1 aliphatic heterocycles. The molecule has 0 atom stereocenters. The van der Waals surface area contributed by atoms with Crippen molar-refractivity contribution in [2.75, 3.05) is 46.6 Å². The van der Waals surface area contributed by atoms with Crippen molar-refractivity contribution in [3.63, 3.8) is 0 Å². The van der Waals surface area contributed by atoms with Gasteiger partial charge in [-0.25, -0.2) is 5.43 Å². The van der Waals surface area contributed by atoms with Crippen molar-refractivity contribution in [3.8, 4) is 17.6 Å². The Morgan fingerprint density at radius 2 is 2.00 bits per heavy atom. The first-order chi connectivity index (χ1) is 18.8. The van der Waals surface area contributed by atoms with Crippen LogP contribution in [-0.2, 0) is 32.2 Å². The van der Waals surface area contributed by atoms with E-state index in [2.05, 4.69) is 26.5 Å². The highest BCUT2D eigenvalue weighted by molar-refractivity contribution is 9.10. The van der Waals surface area contributed by atoms with E-state index < -0.39 is 11.5 Å². The average molecular weight is 604 g/mol. The molecule has 1 aromatic heterocycles. The summed E-state index contributed by atoms with van der Waals surface area (Å²) in [5.74, 6) is 0.143. The zero-order chi connectivity index (χ0) is 28.4. The Balaban J connectivity index is 1.66. The normalized spacial score (nSPS) is 13.3. The molecule has 12 nitrogen and oxygen atoms in total. The molecule has 0 radical (unpaired) electrons. The molecule has 39 heavy (non-hydrogen) atoms. The average Bonchev–Trinajstić information content (AvgIpc) is 2.94. The third-order valence-corrected chi connectivity index (χ3v) is 6.89. The zero-order valence-electron chi connectivity index (χ0n) is 22.0. The molecule has 0 spiro atoms. The van der Waals surface area contributed by atoms with Gasteiger partial charge in [-0.1, -0.05) is 0 Å². The number of carbonyl (C=O) groups excluding carboxylic acids is 2. The summed E-state index contributed by atoms with van der Waals surface area (Å²) in [6, 6.07) is 6.93. The number of morpholine rings is 1. The maximum atomic E-state index is 12.8. The Morgan fingerprint density at radius 1 is 1.26 bits per heavy atom. The van der Waals surface area contributed by atoms with Crippen LogP contribution in [0.5, 0.6) is 11.5 Å². The molecule has 13 heteroatoms. The number of hydrazone groups is 1. The fourth-order valence-corrected chi connectivity index (χ4v) is 4.37. The van der Waals surface area contributed by atoms with Crippen molar-refractivity contribution in [1.29, 1.82) is 5.26 Å². The summed E-state index contributed by atoms with van der Waals surface area (Å²) in [5.41, 5.74) is 3.23. The molecular weight excluding hydrogens is 574 g/mol. The summed E-state index contributed by atoms with van der Waals surface area (Å²) < 4.78 is 23.4. The Hall–Kier alpha value is -3.73. The number of benzene rings is 1. The molecule has 1 N–H and O–H groups in total. The third-order valence-electron chi connectivity index (χ3n) is 5.84. The van der Waals surface area contributed by atoms with Crippen LogP contribution < -0.4 is 20.5 Å². The molecule has 0 bridgehead atoms. The molecule has 2 heterocycles. The van der Waals surface area contributed by atoms with Crippen molar-refractivity contribution in [3.05, 3.63) is 55.4 Å². The minimum Gasteiger partial charge on any atom is -0.490 e. The van der Waals surface area contributed by atoms with E-state index in [4.69, 9.17) is 18.9 Å². The summed E-state index contributed by atoms with van der Waals surface area (Å²) >= 11 is 3.40. The number of carbonyl (C=O) groups is 2. The van der Waals surface area contributed by atoms with Gasteiger partial charge < -0.3 is 28.4 Å². The summed E-state index contributed by atoms with van der Waals surface area (Å²) in [6.45, 7) is 5.57. The van der Waals surface area contributed by atoms with Crippen LogP contribution in [0.15, 0.2) is 32.6 Å². The van der Waals surface area contributed by atoms with Gasteiger partial charge in [-0.15, -0.1) is 0 Å². The summed E-state index contributed by atoms with van der Waals surface area (Å²) in [5, 5.41) is 13.4. The number of hydrogen-bond donors (Lipinski definition) is 1. The minimum absolute atomic E-state index is 0.0780.